The standard InChI is InChI=1S/C27H28FN5O2/c1-19(2)16-17-29-27(35)26(20-12-14-21(28)15-13-20)33(22-8-4-3-5-9-22)25(34)18-32-24-11-7-6-10-23(24)30-31-32/h3-15,19,26H,16-18H2,1-2H3,(H,29,35)/t26-/m0/s1. The van der Waals surface area contributed by atoms with Crippen molar-refractivity contribution in [2.45, 2.75) is 32.9 Å². The molecule has 1 N–H and O–H groups in total. The van der Waals surface area contributed by atoms with Crippen molar-refractivity contribution in [3.8, 4) is 0 Å². The Balaban J connectivity index is 1.73. The molecule has 2 amide bonds. The van der Waals surface area contributed by atoms with Gasteiger partial charge in [-0.15, -0.1) is 5.10 Å². The van der Waals surface area contributed by atoms with Gasteiger partial charge in [-0.1, -0.05) is 61.5 Å². The zero-order chi connectivity index (χ0) is 24.8. The summed E-state index contributed by atoms with van der Waals surface area (Å²) in [5, 5.41) is 11.2. The van der Waals surface area contributed by atoms with Crippen LogP contribution in [0.1, 0.15) is 31.9 Å². The highest BCUT2D eigenvalue weighted by atomic mass is 19.1. The molecule has 7 nitrogen and oxygen atoms in total. The van der Waals surface area contributed by atoms with E-state index in [1.165, 1.54) is 33.8 Å². The quantitative estimate of drug-likeness (QED) is 0.388. The van der Waals surface area contributed by atoms with Crippen LogP contribution in [-0.4, -0.2) is 33.4 Å². The van der Waals surface area contributed by atoms with Crippen LogP contribution in [0.15, 0.2) is 78.9 Å². The van der Waals surface area contributed by atoms with Gasteiger partial charge >= 0.3 is 0 Å². The monoisotopic (exact) mass is 473 g/mol. The number of carbonyl (C=O) groups excluding carboxylic acids is 2. The van der Waals surface area contributed by atoms with Gasteiger partial charge in [0.15, 0.2) is 0 Å². The van der Waals surface area contributed by atoms with Crippen LogP contribution in [0, 0.1) is 11.7 Å². The second-order valence-corrected chi connectivity index (χ2v) is 8.76. The number of hydrogen-bond acceptors (Lipinski definition) is 4. The van der Waals surface area contributed by atoms with Crippen LogP contribution in [0.25, 0.3) is 11.0 Å². The Morgan fingerprint density at radius 1 is 0.971 bits per heavy atom. The lowest BCUT2D eigenvalue weighted by Gasteiger charge is -2.31. The van der Waals surface area contributed by atoms with Crippen LogP contribution in [-0.2, 0) is 16.1 Å². The second kappa shape index (κ2) is 10.9. The molecule has 3 aromatic carbocycles. The van der Waals surface area contributed by atoms with Gasteiger partial charge in [-0.2, -0.15) is 0 Å². The Morgan fingerprint density at radius 3 is 2.37 bits per heavy atom. The molecule has 0 bridgehead atoms. The molecule has 0 saturated carbocycles. The predicted octanol–water partition coefficient (Wildman–Crippen LogP) is 4.51. The maximum atomic E-state index is 13.8. The summed E-state index contributed by atoms with van der Waals surface area (Å²) in [5.74, 6) is -0.690. The molecule has 0 aliphatic rings. The molecular weight excluding hydrogens is 445 g/mol. The first kappa shape index (κ1) is 24.1. The van der Waals surface area contributed by atoms with Crippen LogP contribution in [0.2, 0.25) is 0 Å². The van der Waals surface area contributed by atoms with E-state index in [0.29, 0.717) is 34.7 Å². The number of hydrogen-bond donors (Lipinski definition) is 1. The van der Waals surface area contributed by atoms with Crippen LogP contribution in [0.4, 0.5) is 10.1 Å². The number of benzene rings is 3. The molecular formula is C27H28FN5O2. The Hall–Kier alpha value is -4.07. The summed E-state index contributed by atoms with van der Waals surface area (Å²) in [6.45, 7) is 4.50. The molecule has 4 rings (SSSR count). The lowest BCUT2D eigenvalue weighted by Crippen LogP contribution is -2.45. The molecule has 4 aromatic rings. The highest BCUT2D eigenvalue weighted by Gasteiger charge is 2.33. The van der Waals surface area contributed by atoms with Crippen molar-refractivity contribution < 1.29 is 14.0 Å². The topological polar surface area (TPSA) is 80.1 Å². The predicted molar refractivity (Wildman–Crippen MR) is 133 cm³/mol. The molecule has 0 unspecified atom stereocenters. The minimum absolute atomic E-state index is 0.119. The normalized spacial score (nSPS) is 12.0. The SMILES string of the molecule is CC(C)CCNC(=O)[C@H](c1ccc(F)cc1)N(C(=O)Cn1nnc2ccccc21)c1ccccc1. The first-order valence-electron chi connectivity index (χ1n) is 11.6. The van der Waals surface area contributed by atoms with Crippen molar-refractivity contribution in [2.75, 3.05) is 11.4 Å². The van der Waals surface area contributed by atoms with Crippen molar-refractivity contribution in [1.29, 1.82) is 0 Å². The largest absolute Gasteiger partial charge is 0.354 e. The third-order valence-corrected chi connectivity index (χ3v) is 5.72. The molecule has 0 saturated heterocycles. The van der Waals surface area contributed by atoms with E-state index in [9.17, 15) is 14.0 Å². The summed E-state index contributed by atoms with van der Waals surface area (Å²) >= 11 is 0. The van der Waals surface area contributed by atoms with Crippen molar-refractivity contribution in [3.63, 3.8) is 0 Å². The molecule has 0 radical (unpaired) electrons. The third kappa shape index (κ3) is 5.71. The van der Waals surface area contributed by atoms with Gasteiger partial charge in [-0.25, -0.2) is 9.07 Å². The van der Waals surface area contributed by atoms with Crippen molar-refractivity contribution in [1.82, 2.24) is 20.3 Å². The van der Waals surface area contributed by atoms with Gasteiger partial charge < -0.3 is 5.32 Å². The lowest BCUT2D eigenvalue weighted by atomic mass is 10.0. The van der Waals surface area contributed by atoms with E-state index < -0.39 is 11.9 Å². The fourth-order valence-corrected chi connectivity index (χ4v) is 3.91. The van der Waals surface area contributed by atoms with Crippen molar-refractivity contribution >= 4 is 28.5 Å². The average molecular weight is 474 g/mol. The number of anilines is 1. The van der Waals surface area contributed by atoms with E-state index in [0.717, 1.165) is 6.42 Å². The molecule has 35 heavy (non-hydrogen) atoms. The maximum Gasteiger partial charge on any atom is 0.249 e. The Labute approximate surface area is 203 Å². The van der Waals surface area contributed by atoms with E-state index in [2.05, 4.69) is 29.5 Å². The summed E-state index contributed by atoms with van der Waals surface area (Å²) < 4.78 is 15.2. The number of nitrogens with one attached hydrogen (secondary N) is 1. The number of nitrogens with zero attached hydrogens (tertiary/aromatic N) is 4. The number of carbonyl (C=O) groups is 2. The zero-order valence-corrected chi connectivity index (χ0v) is 19.8. The Morgan fingerprint density at radius 2 is 1.66 bits per heavy atom. The van der Waals surface area contributed by atoms with Gasteiger partial charge in [0.2, 0.25) is 11.8 Å². The molecule has 0 aliphatic carbocycles. The van der Waals surface area contributed by atoms with E-state index >= 15 is 0 Å². The second-order valence-electron chi connectivity index (χ2n) is 8.76. The first-order chi connectivity index (χ1) is 16.9. The molecule has 1 aromatic heterocycles. The minimum Gasteiger partial charge on any atom is -0.354 e. The van der Waals surface area contributed by atoms with Gasteiger partial charge in [0.25, 0.3) is 0 Å². The van der Waals surface area contributed by atoms with Gasteiger partial charge in [0, 0.05) is 12.2 Å². The van der Waals surface area contributed by atoms with Crippen molar-refractivity contribution in [2.24, 2.45) is 5.92 Å². The molecule has 1 atom stereocenters. The van der Waals surface area contributed by atoms with E-state index in [4.69, 9.17) is 0 Å². The smallest absolute Gasteiger partial charge is 0.249 e. The van der Waals surface area contributed by atoms with E-state index in [-0.39, 0.29) is 18.4 Å². The zero-order valence-electron chi connectivity index (χ0n) is 19.8. The summed E-state index contributed by atoms with van der Waals surface area (Å²) in [7, 11) is 0. The molecule has 1 heterocycles. The van der Waals surface area contributed by atoms with Gasteiger partial charge in [0.1, 0.15) is 23.9 Å². The molecule has 0 fully saturated rings. The van der Waals surface area contributed by atoms with E-state index in [1.807, 2.05) is 30.3 Å². The number of amides is 2. The number of para-hydroxylation sites is 2. The minimum atomic E-state index is -0.993. The number of aromatic nitrogens is 3. The number of halogens is 1. The summed E-state index contributed by atoms with van der Waals surface area (Å²) in [4.78, 5) is 28.8. The molecule has 180 valence electrons. The lowest BCUT2D eigenvalue weighted by molar-refractivity contribution is -0.127. The fourth-order valence-electron chi connectivity index (χ4n) is 3.91. The van der Waals surface area contributed by atoms with Gasteiger partial charge in [-0.3, -0.25) is 14.5 Å². The maximum absolute atomic E-state index is 13.8. The average Bonchev–Trinajstić information content (AvgIpc) is 3.26. The fraction of sp³-hybridized carbons (Fsp3) is 0.259. The summed E-state index contributed by atoms with van der Waals surface area (Å²) in [6, 6.07) is 21.0. The Kier molecular flexibility index (Phi) is 7.50. The first-order valence-corrected chi connectivity index (χ1v) is 11.6. The highest BCUT2D eigenvalue weighted by molar-refractivity contribution is 6.01. The highest BCUT2D eigenvalue weighted by Crippen LogP contribution is 2.29. The van der Waals surface area contributed by atoms with Crippen molar-refractivity contribution in [3.05, 3.63) is 90.2 Å². The number of fused-ring (bicyclic) bond motifs is 1. The third-order valence-electron chi connectivity index (χ3n) is 5.72. The van der Waals surface area contributed by atoms with Gasteiger partial charge in [-0.05, 0) is 54.3 Å². The van der Waals surface area contributed by atoms with E-state index in [1.54, 1.807) is 24.3 Å². The number of rotatable bonds is 9. The summed E-state index contributed by atoms with van der Waals surface area (Å²) in [5.41, 5.74) is 2.45. The van der Waals surface area contributed by atoms with Crippen LogP contribution < -0.4 is 10.2 Å². The van der Waals surface area contributed by atoms with Crippen LogP contribution >= 0.6 is 0 Å². The molecule has 0 spiro atoms. The van der Waals surface area contributed by atoms with Crippen LogP contribution in [0.3, 0.4) is 0 Å². The summed E-state index contributed by atoms with van der Waals surface area (Å²) in [6.07, 6.45) is 0.798. The molecule has 0 aliphatic heterocycles. The van der Waals surface area contributed by atoms with Gasteiger partial charge in [0.05, 0.1) is 5.52 Å². The van der Waals surface area contributed by atoms with Crippen LogP contribution in [0.5, 0.6) is 0 Å². The Bertz CT molecular complexity index is 1290. The molecule has 8 heteroatoms.